The summed E-state index contributed by atoms with van der Waals surface area (Å²) < 4.78 is 12.8. The number of amides is 2. The molecule has 0 spiro atoms. The van der Waals surface area contributed by atoms with Gasteiger partial charge in [-0.3, -0.25) is 4.79 Å². The third-order valence-electron chi connectivity index (χ3n) is 8.49. The molecular formula is C34H37N5O4. The number of carbonyl (C=O) groups excluding carboxylic acids is 2. The van der Waals surface area contributed by atoms with Crippen molar-refractivity contribution in [1.82, 2.24) is 24.8 Å². The summed E-state index contributed by atoms with van der Waals surface area (Å²) in [5.74, 6) is 1.13. The van der Waals surface area contributed by atoms with Crippen LogP contribution in [0.25, 0.3) is 22.4 Å². The van der Waals surface area contributed by atoms with Gasteiger partial charge in [0.05, 0.1) is 26.0 Å². The van der Waals surface area contributed by atoms with Crippen LogP contribution in [0.5, 0.6) is 11.5 Å². The molecule has 2 fully saturated rings. The fourth-order valence-electron chi connectivity index (χ4n) is 6.20. The minimum atomic E-state index is -0.144. The van der Waals surface area contributed by atoms with Gasteiger partial charge in [-0.15, -0.1) is 5.10 Å². The number of hydrogen-bond donors (Lipinski definition) is 0. The summed E-state index contributed by atoms with van der Waals surface area (Å²) in [5, 5.41) is 8.53. The van der Waals surface area contributed by atoms with Gasteiger partial charge in [0.2, 0.25) is 0 Å². The second-order valence-corrected chi connectivity index (χ2v) is 11.2. The van der Waals surface area contributed by atoms with Crippen LogP contribution in [0.3, 0.4) is 0 Å². The van der Waals surface area contributed by atoms with E-state index in [1.54, 1.807) is 32.5 Å². The molecule has 222 valence electrons. The van der Waals surface area contributed by atoms with Gasteiger partial charge in [0, 0.05) is 36.8 Å². The maximum Gasteiger partial charge on any atom is 0.346 e. The minimum absolute atomic E-state index is 0.00966. The maximum absolute atomic E-state index is 13.5. The van der Waals surface area contributed by atoms with E-state index in [2.05, 4.69) is 22.4 Å². The second-order valence-electron chi connectivity index (χ2n) is 11.2. The molecule has 9 nitrogen and oxygen atoms in total. The zero-order valence-electron chi connectivity index (χ0n) is 24.7. The Morgan fingerprint density at radius 2 is 1.49 bits per heavy atom. The lowest BCUT2D eigenvalue weighted by atomic mass is 9.96. The largest absolute Gasteiger partial charge is 0.496 e. The summed E-state index contributed by atoms with van der Waals surface area (Å²) in [7, 11) is 3.19. The lowest BCUT2D eigenvalue weighted by Gasteiger charge is -2.35. The third-order valence-corrected chi connectivity index (χ3v) is 8.49. The average Bonchev–Trinajstić information content (AvgIpc) is 3.78. The molecule has 43 heavy (non-hydrogen) atoms. The zero-order valence-corrected chi connectivity index (χ0v) is 24.7. The van der Waals surface area contributed by atoms with Gasteiger partial charge in [0.1, 0.15) is 17.2 Å². The summed E-state index contributed by atoms with van der Waals surface area (Å²) in [6.07, 6.45) is 7.66. The van der Waals surface area contributed by atoms with E-state index in [-0.39, 0.29) is 18.0 Å². The molecular weight excluding hydrogens is 542 g/mol. The van der Waals surface area contributed by atoms with Crippen molar-refractivity contribution in [2.45, 2.75) is 44.6 Å². The SMILES string of the molecule is COc1cc(C(=O)N2CCCC2)cc(OC)c1-c1ccc(-c2cn(C(=O)N3CCCCC3Cc3ccccc3)nn2)cc1. The number of nitrogens with zero attached hydrogens (tertiary/aromatic N) is 5. The molecule has 3 heterocycles. The first-order valence-corrected chi connectivity index (χ1v) is 15.0. The smallest absolute Gasteiger partial charge is 0.346 e. The van der Waals surface area contributed by atoms with Gasteiger partial charge in [0.15, 0.2) is 0 Å². The summed E-state index contributed by atoms with van der Waals surface area (Å²) in [5.41, 5.74) is 4.87. The Kier molecular flexibility index (Phi) is 8.40. The number of likely N-dealkylation sites (tertiary alicyclic amines) is 2. The first-order valence-electron chi connectivity index (χ1n) is 15.0. The van der Waals surface area contributed by atoms with Gasteiger partial charge < -0.3 is 19.3 Å². The number of ether oxygens (including phenoxy) is 2. The Labute approximate surface area is 252 Å². The van der Waals surface area contributed by atoms with E-state index in [0.29, 0.717) is 29.3 Å². The van der Waals surface area contributed by atoms with Gasteiger partial charge in [-0.2, -0.15) is 4.68 Å². The van der Waals surface area contributed by atoms with Crippen LogP contribution >= 0.6 is 0 Å². The highest BCUT2D eigenvalue weighted by Crippen LogP contribution is 2.40. The first-order chi connectivity index (χ1) is 21.1. The molecule has 1 unspecified atom stereocenters. The van der Waals surface area contributed by atoms with E-state index in [9.17, 15) is 9.59 Å². The van der Waals surface area contributed by atoms with E-state index >= 15 is 0 Å². The van der Waals surface area contributed by atoms with E-state index in [0.717, 1.165) is 68.3 Å². The molecule has 2 saturated heterocycles. The Bertz CT molecular complexity index is 1550. The molecule has 9 heteroatoms. The lowest BCUT2D eigenvalue weighted by Crippen LogP contribution is -2.46. The van der Waals surface area contributed by atoms with Crippen molar-refractivity contribution < 1.29 is 19.1 Å². The Hall–Kier alpha value is -4.66. The average molecular weight is 580 g/mol. The molecule has 0 radical (unpaired) electrons. The van der Waals surface area contributed by atoms with Crippen LogP contribution in [-0.2, 0) is 6.42 Å². The monoisotopic (exact) mass is 579 g/mol. The van der Waals surface area contributed by atoms with Crippen molar-refractivity contribution in [2.24, 2.45) is 0 Å². The molecule has 0 bridgehead atoms. The lowest BCUT2D eigenvalue weighted by molar-refractivity contribution is 0.0792. The molecule has 3 aromatic carbocycles. The predicted molar refractivity (Wildman–Crippen MR) is 164 cm³/mol. The summed E-state index contributed by atoms with van der Waals surface area (Å²) in [6, 6.07) is 21.7. The van der Waals surface area contributed by atoms with Crippen molar-refractivity contribution in [3.05, 3.63) is 84.1 Å². The van der Waals surface area contributed by atoms with Crippen LogP contribution in [0.1, 0.15) is 48.0 Å². The zero-order chi connectivity index (χ0) is 29.8. The molecule has 4 aromatic rings. The van der Waals surface area contributed by atoms with Crippen molar-refractivity contribution in [3.8, 4) is 33.9 Å². The number of hydrogen-bond acceptors (Lipinski definition) is 6. The van der Waals surface area contributed by atoms with Crippen molar-refractivity contribution in [2.75, 3.05) is 33.9 Å². The number of benzene rings is 3. The highest BCUT2D eigenvalue weighted by molar-refractivity contribution is 5.97. The molecule has 1 aromatic heterocycles. The number of methoxy groups -OCH3 is 2. The van der Waals surface area contributed by atoms with E-state index in [4.69, 9.17) is 9.47 Å². The van der Waals surface area contributed by atoms with Crippen LogP contribution in [0.4, 0.5) is 4.79 Å². The first kappa shape index (κ1) is 28.5. The molecule has 1 atom stereocenters. The third kappa shape index (κ3) is 5.98. The highest BCUT2D eigenvalue weighted by atomic mass is 16.5. The Balaban J connectivity index is 1.21. The van der Waals surface area contributed by atoms with Crippen molar-refractivity contribution in [1.29, 1.82) is 0 Å². The quantitative estimate of drug-likeness (QED) is 0.270. The Morgan fingerprint density at radius 1 is 0.837 bits per heavy atom. The minimum Gasteiger partial charge on any atom is -0.496 e. The summed E-state index contributed by atoms with van der Waals surface area (Å²) in [4.78, 5) is 30.4. The molecule has 0 N–H and O–H groups in total. The molecule has 2 aliphatic rings. The van der Waals surface area contributed by atoms with Gasteiger partial charge >= 0.3 is 6.03 Å². The van der Waals surface area contributed by atoms with Crippen LogP contribution in [-0.4, -0.2) is 76.6 Å². The van der Waals surface area contributed by atoms with Crippen LogP contribution in [0.2, 0.25) is 0 Å². The van der Waals surface area contributed by atoms with Crippen LogP contribution < -0.4 is 9.47 Å². The standard InChI is InChI=1S/C34H37N5O4/c1-42-30-21-27(33(40)37-17-8-9-18-37)22-31(43-2)32(30)26-15-13-25(14-16-26)29-23-39(36-35-29)34(41)38-19-7-6-12-28(38)20-24-10-4-3-5-11-24/h3-5,10-11,13-16,21-23,28H,6-9,12,17-20H2,1-2H3. The number of piperidine rings is 1. The van der Waals surface area contributed by atoms with E-state index in [1.807, 2.05) is 52.3 Å². The predicted octanol–water partition coefficient (Wildman–Crippen LogP) is 5.93. The molecule has 2 aliphatic heterocycles. The Morgan fingerprint density at radius 3 is 2.16 bits per heavy atom. The fourth-order valence-corrected chi connectivity index (χ4v) is 6.20. The maximum atomic E-state index is 13.5. The highest BCUT2D eigenvalue weighted by Gasteiger charge is 2.29. The normalized spacial score (nSPS) is 16.7. The number of carbonyl (C=O) groups is 2. The second kappa shape index (κ2) is 12.7. The molecule has 2 amide bonds. The number of rotatable bonds is 7. The molecule has 6 rings (SSSR count). The molecule has 0 saturated carbocycles. The van der Waals surface area contributed by atoms with Crippen molar-refractivity contribution >= 4 is 11.9 Å². The van der Waals surface area contributed by atoms with Gasteiger partial charge in [-0.1, -0.05) is 59.8 Å². The van der Waals surface area contributed by atoms with E-state index < -0.39 is 0 Å². The van der Waals surface area contributed by atoms with E-state index in [1.165, 1.54) is 10.2 Å². The van der Waals surface area contributed by atoms with Gasteiger partial charge in [-0.05, 0) is 61.8 Å². The topological polar surface area (TPSA) is 89.8 Å². The van der Waals surface area contributed by atoms with Crippen molar-refractivity contribution in [3.63, 3.8) is 0 Å². The summed E-state index contributed by atoms with van der Waals surface area (Å²) >= 11 is 0. The van der Waals surface area contributed by atoms with Gasteiger partial charge in [0.25, 0.3) is 5.91 Å². The van der Waals surface area contributed by atoms with Crippen LogP contribution in [0, 0.1) is 0 Å². The van der Waals surface area contributed by atoms with Crippen LogP contribution in [0.15, 0.2) is 72.9 Å². The molecule has 0 aliphatic carbocycles. The summed E-state index contributed by atoms with van der Waals surface area (Å²) in [6.45, 7) is 2.26. The number of aromatic nitrogens is 3. The van der Waals surface area contributed by atoms with Gasteiger partial charge in [-0.25, -0.2) is 4.79 Å². The fraction of sp³-hybridized carbons (Fsp3) is 0.353.